The summed E-state index contributed by atoms with van der Waals surface area (Å²) in [5.41, 5.74) is 0.656. The molecule has 2 heterocycles. The molecule has 1 aromatic rings. The largest absolute Gasteiger partial charge is 0.486 e. The summed E-state index contributed by atoms with van der Waals surface area (Å²) in [6, 6.07) is 5.43. The van der Waals surface area contributed by atoms with E-state index < -0.39 is 11.9 Å². The van der Waals surface area contributed by atoms with E-state index in [4.69, 9.17) is 14.2 Å². The first-order valence-electron chi connectivity index (χ1n) is 10.7. The Morgan fingerprint density at radius 3 is 2.73 bits per heavy atom. The van der Waals surface area contributed by atoms with Crippen LogP contribution in [0.1, 0.15) is 39.0 Å². The highest BCUT2D eigenvalue weighted by Gasteiger charge is 2.37. The average molecular weight is 416 g/mol. The van der Waals surface area contributed by atoms with E-state index >= 15 is 0 Å². The molecule has 4 rings (SSSR count). The number of carbonyl (C=O) groups is 3. The molecule has 3 aliphatic rings. The van der Waals surface area contributed by atoms with Crippen molar-refractivity contribution in [2.24, 2.45) is 11.8 Å². The molecule has 8 nitrogen and oxygen atoms in total. The minimum atomic E-state index is -0.591. The van der Waals surface area contributed by atoms with Crippen LogP contribution in [-0.2, 0) is 19.1 Å². The number of hydrogen-bond donors (Lipinski definition) is 1. The molecule has 0 bridgehead atoms. The number of ether oxygens (including phenoxy) is 3. The van der Waals surface area contributed by atoms with Crippen LogP contribution in [0.5, 0.6) is 11.5 Å². The molecule has 1 N–H and O–H groups in total. The molecule has 3 atom stereocenters. The topological polar surface area (TPSA) is 94.2 Å². The highest BCUT2D eigenvalue weighted by molar-refractivity contribution is 5.99. The molecule has 2 amide bonds. The number of nitrogens with zero attached hydrogens (tertiary/aromatic N) is 1. The van der Waals surface area contributed by atoms with Crippen LogP contribution in [0.2, 0.25) is 0 Å². The molecule has 1 aliphatic carbocycles. The van der Waals surface area contributed by atoms with Gasteiger partial charge in [0.05, 0.1) is 5.92 Å². The number of hydrogen-bond acceptors (Lipinski definition) is 6. The highest BCUT2D eigenvalue weighted by atomic mass is 16.6. The average Bonchev–Trinajstić information content (AvgIpc) is 3.15. The van der Waals surface area contributed by atoms with Gasteiger partial charge in [-0.1, -0.05) is 19.8 Å². The Labute approximate surface area is 175 Å². The number of fused-ring (bicyclic) bond motifs is 1. The lowest BCUT2D eigenvalue weighted by atomic mass is 9.86. The normalized spacial score (nSPS) is 25.7. The van der Waals surface area contributed by atoms with Gasteiger partial charge in [-0.05, 0) is 30.9 Å². The van der Waals surface area contributed by atoms with Crippen LogP contribution in [0.3, 0.4) is 0 Å². The number of rotatable bonds is 5. The third-order valence-corrected chi connectivity index (χ3v) is 6.10. The molecule has 162 valence electrons. The van der Waals surface area contributed by atoms with E-state index in [1.807, 2.05) is 0 Å². The second-order valence-electron chi connectivity index (χ2n) is 8.28. The standard InChI is InChI=1S/C22H28N2O6/c1-14-4-2-3-5-17(14)23-20(25)13-30-22(27)15-10-21(26)24(12-15)16-6-7-18-19(11-16)29-9-8-28-18/h6-7,11,14-15,17H,2-5,8-10,12-13H2,1H3,(H,23,25)/t14-,15+,17+/m0/s1. The van der Waals surface area contributed by atoms with Crippen LogP contribution in [-0.4, -0.2) is 50.2 Å². The van der Waals surface area contributed by atoms with Gasteiger partial charge in [0.1, 0.15) is 13.2 Å². The number of nitrogens with one attached hydrogen (secondary N) is 1. The lowest BCUT2D eigenvalue weighted by Gasteiger charge is -2.29. The van der Waals surface area contributed by atoms with E-state index in [1.165, 1.54) is 6.42 Å². The minimum absolute atomic E-state index is 0.0640. The predicted molar refractivity (Wildman–Crippen MR) is 108 cm³/mol. The molecule has 8 heteroatoms. The second-order valence-corrected chi connectivity index (χ2v) is 8.28. The Kier molecular flexibility index (Phi) is 6.11. The summed E-state index contributed by atoms with van der Waals surface area (Å²) in [7, 11) is 0. The molecule has 1 saturated carbocycles. The number of amides is 2. The zero-order valence-corrected chi connectivity index (χ0v) is 17.2. The molecule has 2 aliphatic heterocycles. The van der Waals surface area contributed by atoms with Crippen LogP contribution >= 0.6 is 0 Å². The molecule has 1 saturated heterocycles. The highest BCUT2D eigenvalue weighted by Crippen LogP contribution is 2.36. The molecule has 0 aromatic heterocycles. The fourth-order valence-corrected chi connectivity index (χ4v) is 4.35. The number of anilines is 1. The van der Waals surface area contributed by atoms with Gasteiger partial charge in [0, 0.05) is 30.8 Å². The first kappa shape index (κ1) is 20.5. The van der Waals surface area contributed by atoms with E-state index in [-0.39, 0.29) is 37.4 Å². The Morgan fingerprint density at radius 1 is 1.17 bits per heavy atom. The van der Waals surface area contributed by atoms with Gasteiger partial charge >= 0.3 is 5.97 Å². The lowest BCUT2D eigenvalue weighted by Crippen LogP contribution is -2.43. The fourth-order valence-electron chi connectivity index (χ4n) is 4.35. The maximum absolute atomic E-state index is 12.5. The van der Waals surface area contributed by atoms with Crippen molar-refractivity contribution in [2.75, 3.05) is 31.3 Å². The first-order chi connectivity index (χ1) is 14.5. The van der Waals surface area contributed by atoms with Crippen LogP contribution in [0.25, 0.3) is 0 Å². The van der Waals surface area contributed by atoms with Crippen molar-refractivity contribution in [1.29, 1.82) is 0 Å². The van der Waals surface area contributed by atoms with Crippen molar-refractivity contribution in [3.05, 3.63) is 18.2 Å². The third-order valence-electron chi connectivity index (χ3n) is 6.10. The monoisotopic (exact) mass is 416 g/mol. The molecule has 1 aromatic carbocycles. The number of esters is 1. The fraction of sp³-hybridized carbons (Fsp3) is 0.591. The van der Waals surface area contributed by atoms with Crippen molar-refractivity contribution >= 4 is 23.5 Å². The molecular formula is C22H28N2O6. The summed E-state index contributed by atoms with van der Waals surface area (Å²) in [4.78, 5) is 38.6. The van der Waals surface area contributed by atoms with E-state index in [9.17, 15) is 14.4 Å². The molecule has 0 unspecified atom stereocenters. The van der Waals surface area contributed by atoms with Crippen LogP contribution in [0.15, 0.2) is 18.2 Å². The predicted octanol–water partition coefficient (Wildman–Crippen LogP) is 2.05. The third kappa shape index (κ3) is 4.52. The molecule has 2 fully saturated rings. The van der Waals surface area contributed by atoms with Crippen molar-refractivity contribution < 1.29 is 28.6 Å². The van der Waals surface area contributed by atoms with Gasteiger partial charge in [0.2, 0.25) is 5.91 Å². The van der Waals surface area contributed by atoms with Gasteiger partial charge in [-0.3, -0.25) is 14.4 Å². The maximum Gasteiger partial charge on any atom is 0.311 e. The van der Waals surface area contributed by atoms with Gasteiger partial charge in [0.15, 0.2) is 18.1 Å². The Morgan fingerprint density at radius 2 is 1.93 bits per heavy atom. The van der Waals surface area contributed by atoms with Crippen LogP contribution < -0.4 is 19.7 Å². The second kappa shape index (κ2) is 8.93. The van der Waals surface area contributed by atoms with E-state index in [0.29, 0.717) is 36.3 Å². The molecule has 0 radical (unpaired) electrons. The summed E-state index contributed by atoms with van der Waals surface area (Å²) in [5.74, 6) is 0.120. The van der Waals surface area contributed by atoms with Gasteiger partial charge < -0.3 is 24.4 Å². The lowest BCUT2D eigenvalue weighted by molar-refractivity contribution is -0.152. The molecular weight excluding hydrogens is 388 g/mol. The Bertz CT molecular complexity index is 826. The Hall–Kier alpha value is -2.77. The summed E-state index contributed by atoms with van der Waals surface area (Å²) in [6.07, 6.45) is 4.43. The van der Waals surface area contributed by atoms with Gasteiger partial charge in [-0.25, -0.2) is 0 Å². The summed E-state index contributed by atoms with van der Waals surface area (Å²) in [5, 5.41) is 2.97. The summed E-state index contributed by atoms with van der Waals surface area (Å²) < 4.78 is 16.3. The maximum atomic E-state index is 12.5. The van der Waals surface area contributed by atoms with Crippen molar-refractivity contribution in [2.45, 2.75) is 45.1 Å². The van der Waals surface area contributed by atoms with Gasteiger partial charge in [-0.2, -0.15) is 0 Å². The number of carbonyl (C=O) groups excluding carboxylic acids is 3. The number of benzene rings is 1. The first-order valence-corrected chi connectivity index (χ1v) is 10.7. The van der Waals surface area contributed by atoms with Crippen LogP contribution in [0, 0.1) is 11.8 Å². The van der Waals surface area contributed by atoms with Gasteiger partial charge in [0.25, 0.3) is 5.91 Å². The van der Waals surface area contributed by atoms with E-state index in [1.54, 1.807) is 23.1 Å². The van der Waals surface area contributed by atoms with Crippen molar-refractivity contribution in [3.8, 4) is 11.5 Å². The van der Waals surface area contributed by atoms with Crippen LogP contribution in [0.4, 0.5) is 5.69 Å². The van der Waals surface area contributed by atoms with E-state index in [2.05, 4.69) is 12.2 Å². The zero-order chi connectivity index (χ0) is 21.1. The zero-order valence-electron chi connectivity index (χ0n) is 17.2. The Balaban J connectivity index is 1.29. The molecule has 0 spiro atoms. The molecule has 30 heavy (non-hydrogen) atoms. The summed E-state index contributed by atoms with van der Waals surface area (Å²) in [6.45, 7) is 3.00. The van der Waals surface area contributed by atoms with Gasteiger partial charge in [-0.15, -0.1) is 0 Å². The summed E-state index contributed by atoms with van der Waals surface area (Å²) >= 11 is 0. The minimum Gasteiger partial charge on any atom is -0.486 e. The van der Waals surface area contributed by atoms with E-state index in [0.717, 1.165) is 19.3 Å². The smallest absolute Gasteiger partial charge is 0.311 e. The van der Waals surface area contributed by atoms with Crippen molar-refractivity contribution in [1.82, 2.24) is 5.32 Å². The quantitative estimate of drug-likeness (QED) is 0.739. The van der Waals surface area contributed by atoms with Crippen molar-refractivity contribution in [3.63, 3.8) is 0 Å². The SMILES string of the molecule is C[C@H]1CCCC[C@H]1NC(=O)COC(=O)[C@@H]1CC(=O)N(c2ccc3c(c2)OCCO3)C1.